The molecule has 0 saturated heterocycles. The van der Waals surface area contributed by atoms with Crippen LogP contribution < -0.4 is 0 Å². The third-order valence-corrected chi connectivity index (χ3v) is 7.64. The number of methoxy groups -OCH3 is 2. The molecule has 4 aromatic rings. The first-order chi connectivity index (χ1) is 22.8. The van der Waals surface area contributed by atoms with Gasteiger partial charge in [0.05, 0.1) is 37.6 Å². The normalized spacial score (nSPS) is 10.8. The third kappa shape index (κ3) is 10.3. The minimum absolute atomic E-state index is 0.156. The van der Waals surface area contributed by atoms with Crippen LogP contribution in [0.15, 0.2) is 115 Å². The number of esters is 2. The summed E-state index contributed by atoms with van der Waals surface area (Å²) in [5.41, 5.74) is 8.04. The molecule has 0 aromatic heterocycles. The van der Waals surface area contributed by atoms with Gasteiger partial charge in [0, 0.05) is 19.8 Å². The minimum Gasteiger partial charge on any atom is -0.462 e. The Kier molecular flexibility index (Phi) is 13.2. The average Bonchev–Trinajstić information content (AvgIpc) is 3.09. The molecule has 4 rings (SSSR count). The topological polar surface area (TPSA) is 71.1 Å². The number of rotatable bonds is 17. The van der Waals surface area contributed by atoms with Gasteiger partial charge >= 0.3 is 11.9 Å². The van der Waals surface area contributed by atoms with Gasteiger partial charge in [-0.05, 0) is 70.7 Å². The maximum atomic E-state index is 15.3. The second-order valence-corrected chi connectivity index (χ2v) is 11.2. The number of carbonyl (C=O) groups is 2. The lowest BCUT2D eigenvalue weighted by Gasteiger charge is -2.10. The summed E-state index contributed by atoms with van der Waals surface area (Å²) in [5.74, 6) is -1.15. The van der Waals surface area contributed by atoms with E-state index in [0.717, 1.165) is 51.8 Å². The number of hydrogen-bond donors (Lipinski definition) is 0. The Hall–Kier alpha value is -4.85. The Bertz CT molecular complexity index is 1660. The number of halogens is 1. The summed E-state index contributed by atoms with van der Waals surface area (Å²) < 4.78 is 35.5. The first-order valence-corrected chi connectivity index (χ1v) is 15.6. The smallest absolute Gasteiger partial charge is 0.335 e. The van der Waals surface area contributed by atoms with Gasteiger partial charge in [0.2, 0.25) is 0 Å². The summed E-state index contributed by atoms with van der Waals surface area (Å²) in [6.45, 7) is 8.24. The second kappa shape index (κ2) is 17.7. The van der Waals surface area contributed by atoms with E-state index in [9.17, 15) is 9.59 Å². The van der Waals surface area contributed by atoms with Crippen LogP contribution in [-0.2, 0) is 41.4 Å². The molecule has 7 heteroatoms. The van der Waals surface area contributed by atoms with E-state index in [-0.39, 0.29) is 19.0 Å². The third-order valence-electron chi connectivity index (χ3n) is 7.64. The van der Waals surface area contributed by atoms with Crippen molar-refractivity contribution in [2.45, 2.75) is 25.7 Å². The highest BCUT2D eigenvalue weighted by molar-refractivity contribution is 5.88. The number of aryl methyl sites for hydroxylation is 2. The molecule has 0 unspecified atom stereocenters. The van der Waals surface area contributed by atoms with Gasteiger partial charge in [0.25, 0.3) is 0 Å². The lowest BCUT2D eigenvalue weighted by molar-refractivity contribution is -0.140. The van der Waals surface area contributed by atoms with E-state index in [0.29, 0.717) is 42.8 Å². The lowest BCUT2D eigenvalue weighted by atomic mass is 9.96. The molecule has 6 nitrogen and oxygen atoms in total. The van der Waals surface area contributed by atoms with E-state index in [2.05, 4.69) is 37.4 Å². The predicted molar refractivity (Wildman–Crippen MR) is 183 cm³/mol. The maximum Gasteiger partial charge on any atom is 0.335 e. The molecule has 0 N–H and O–H groups in total. The molecule has 0 aliphatic rings. The summed E-state index contributed by atoms with van der Waals surface area (Å²) in [6, 6.07) is 29.4. The van der Waals surface area contributed by atoms with Crippen molar-refractivity contribution in [2.75, 3.05) is 40.6 Å². The number of hydrogen-bond acceptors (Lipinski definition) is 6. The standard InChI is InChI=1S/C40H41FO6/c1-28(26-44-3)39(42)46-23-5-7-30-9-13-32(14-10-30)33-17-19-35(20-18-33)37-22-21-36(25-38(37)41)34-15-11-31(12-16-34)8-6-24-47-40(43)29(2)27-45-4/h9-22,25H,1-2,5-8,23-24,26-27H2,3-4H3. The van der Waals surface area contributed by atoms with Gasteiger partial charge in [-0.25, -0.2) is 14.0 Å². The van der Waals surface area contributed by atoms with Gasteiger partial charge in [-0.3, -0.25) is 0 Å². The van der Waals surface area contributed by atoms with Crippen molar-refractivity contribution in [1.82, 2.24) is 0 Å². The van der Waals surface area contributed by atoms with Crippen molar-refractivity contribution in [3.63, 3.8) is 0 Å². The SMILES string of the molecule is C=C(COC)C(=O)OCCCc1ccc(-c2ccc(-c3ccc(-c4ccc(CCCOC(=O)C(=C)COC)cc4)cc3F)cc2)cc1. The van der Waals surface area contributed by atoms with Crippen LogP contribution >= 0.6 is 0 Å². The first-order valence-electron chi connectivity index (χ1n) is 15.6. The predicted octanol–water partition coefficient (Wildman–Crippen LogP) is 8.18. The van der Waals surface area contributed by atoms with Gasteiger partial charge in [0.1, 0.15) is 5.82 Å². The highest BCUT2D eigenvalue weighted by Crippen LogP contribution is 2.30. The van der Waals surface area contributed by atoms with Crippen LogP contribution in [0.3, 0.4) is 0 Å². The van der Waals surface area contributed by atoms with E-state index in [1.165, 1.54) is 14.2 Å². The van der Waals surface area contributed by atoms with Gasteiger partial charge < -0.3 is 18.9 Å². The van der Waals surface area contributed by atoms with E-state index in [1.807, 2.05) is 60.7 Å². The summed E-state index contributed by atoms with van der Waals surface area (Å²) in [6.07, 6.45) is 2.94. The molecule has 0 aliphatic heterocycles. The fourth-order valence-corrected chi connectivity index (χ4v) is 5.05. The molecule has 4 aromatic carbocycles. The van der Waals surface area contributed by atoms with Crippen molar-refractivity contribution in [2.24, 2.45) is 0 Å². The zero-order chi connectivity index (χ0) is 33.6. The molecule has 0 aliphatic carbocycles. The van der Waals surface area contributed by atoms with Crippen LogP contribution in [-0.4, -0.2) is 52.6 Å². The van der Waals surface area contributed by atoms with Gasteiger partial charge in [-0.2, -0.15) is 0 Å². The van der Waals surface area contributed by atoms with Crippen molar-refractivity contribution < 1.29 is 32.9 Å². The van der Waals surface area contributed by atoms with E-state index in [4.69, 9.17) is 18.9 Å². The van der Waals surface area contributed by atoms with Crippen LogP contribution in [0.5, 0.6) is 0 Å². The number of carbonyl (C=O) groups excluding carboxylic acids is 2. The zero-order valence-corrected chi connectivity index (χ0v) is 27.1. The Morgan fingerprint density at radius 2 is 0.957 bits per heavy atom. The average molecular weight is 637 g/mol. The molecule has 244 valence electrons. The molecule has 0 heterocycles. The molecule has 0 atom stereocenters. The molecular formula is C40H41FO6. The van der Waals surface area contributed by atoms with Crippen molar-refractivity contribution in [1.29, 1.82) is 0 Å². The van der Waals surface area contributed by atoms with Crippen LogP contribution in [0, 0.1) is 5.82 Å². The van der Waals surface area contributed by atoms with Gasteiger partial charge in [-0.15, -0.1) is 0 Å². The van der Waals surface area contributed by atoms with Crippen LogP contribution in [0.4, 0.5) is 4.39 Å². The first kappa shape index (κ1) is 35.0. The quantitative estimate of drug-likeness (QED) is 0.0662. The monoisotopic (exact) mass is 636 g/mol. The fourth-order valence-electron chi connectivity index (χ4n) is 5.05. The van der Waals surface area contributed by atoms with Crippen LogP contribution in [0.1, 0.15) is 24.0 Å². The van der Waals surface area contributed by atoms with E-state index in [1.54, 1.807) is 6.07 Å². The Morgan fingerprint density at radius 1 is 0.574 bits per heavy atom. The summed E-state index contributed by atoms with van der Waals surface area (Å²) in [5, 5.41) is 0. The molecule has 0 saturated carbocycles. The van der Waals surface area contributed by atoms with E-state index < -0.39 is 11.9 Å². The largest absolute Gasteiger partial charge is 0.462 e. The molecular weight excluding hydrogens is 595 g/mol. The highest BCUT2D eigenvalue weighted by Gasteiger charge is 2.11. The summed E-state index contributed by atoms with van der Waals surface area (Å²) >= 11 is 0. The summed E-state index contributed by atoms with van der Waals surface area (Å²) in [7, 11) is 3.01. The van der Waals surface area contributed by atoms with E-state index >= 15 is 4.39 Å². The Balaban J connectivity index is 1.28. The Morgan fingerprint density at radius 3 is 1.38 bits per heavy atom. The molecule has 0 radical (unpaired) electrons. The van der Waals surface area contributed by atoms with Crippen LogP contribution in [0.25, 0.3) is 33.4 Å². The molecule has 47 heavy (non-hydrogen) atoms. The van der Waals surface area contributed by atoms with Crippen molar-refractivity contribution >= 4 is 11.9 Å². The fraction of sp³-hybridized carbons (Fsp3) is 0.250. The minimum atomic E-state index is -0.439. The van der Waals surface area contributed by atoms with Gasteiger partial charge in [-0.1, -0.05) is 98.1 Å². The number of benzene rings is 4. The number of ether oxygens (including phenoxy) is 4. The molecule has 0 fully saturated rings. The summed E-state index contributed by atoms with van der Waals surface area (Å²) in [4.78, 5) is 23.6. The molecule has 0 bridgehead atoms. The molecule has 0 spiro atoms. The van der Waals surface area contributed by atoms with Crippen molar-refractivity contribution in [3.05, 3.63) is 132 Å². The zero-order valence-electron chi connectivity index (χ0n) is 27.1. The molecule has 0 amide bonds. The Labute approximate surface area is 276 Å². The maximum absolute atomic E-state index is 15.3. The van der Waals surface area contributed by atoms with Gasteiger partial charge in [0.15, 0.2) is 0 Å². The van der Waals surface area contributed by atoms with Crippen molar-refractivity contribution in [3.8, 4) is 33.4 Å². The second-order valence-electron chi connectivity index (χ2n) is 11.2. The lowest BCUT2D eigenvalue weighted by Crippen LogP contribution is -2.12. The van der Waals surface area contributed by atoms with Crippen LogP contribution in [0.2, 0.25) is 0 Å². The highest BCUT2D eigenvalue weighted by atomic mass is 19.1.